The fraction of sp³-hybridized carbons (Fsp3) is 0.567. The molecule has 7 atom stereocenters. The molecule has 206 valence electrons. The number of nitrogens with two attached hydrogens (primary N) is 1. The zero-order valence-electron chi connectivity index (χ0n) is 23.2. The number of pyridine rings is 1. The van der Waals surface area contributed by atoms with Crippen LogP contribution in [-0.2, 0) is 14.3 Å². The molecule has 3 saturated heterocycles. The lowest BCUT2D eigenvalue weighted by Gasteiger charge is -2.51. The number of nitrogens with zero attached hydrogens (tertiary/aromatic N) is 2. The van der Waals surface area contributed by atoms with E-state index in [0.29, 0.717) is 17.6 Å². The Balaban J connectivity index is 1.71. The number of aromatic nitrogens is 1. The molecule has 3 aliphatic heterocycles. The van der Waals surface area contributed by atoms with E-state index in [0.717, 1.165) is 42.4 Å². The van der Waals surface area contributed by atoms with Crippen molar-refractivity contribution in [1.82, 2.24) is 15.2 Å². The molecule has 38 heavy (non-hydrogen) atoms. The topological polar surface area (TPSA) is 107 Å². The Labute approximate surface area is 225 Å². The van der Waals surface area contributed by atoms with Gasteiger partial charge in [-0.05, 0) is 67.3 Å². The van der Waals surface area contributed by atoms with E-state index in [-0.39, 0.29) is 23.8 Å². The summed E-state index contributed by atoms with van der Waals surface area (Å²) in [5, 5.41) is 3.75. The van der Waals surface area contributed by atoms with E-state index >= 15 is 0 Å². The van der Waals surface area contributed by atoms with Gasteiger partial charge in [-0.1, -0.05) is 33.8 Å². The standard InChI is InChI=1S/C30H42N4O4/c1-7-19-16-34-13-11-20(19)14-25(34)28(22-10-12-32-24-9-8-21(37-6)15-23(22)24)38-30(36)27(18(4)5)33-29(35)26(31)17(2)3/h7-10,12,15,17-20,25-28H,1,11,13-14,16,31H2,2-6H3,(H,33,35)/t19-,20-,25+,26-,27-,28-/m0/s1. The molecule has 8 nitrogen and oxygen atoms in total. The Morgan fingerprint density at radius 3 is 2.58 bits per heavy atom. The van der Waals surface area contributed by atoms with E-state index in [1.54, 1.807) is 13.3 Å². The van der Waals surface area contributed by atoms with Crippen LogP contribution in [0.3, 0.4) is 0 Å². The van der Waals surface area contributed by atoms with Crippen LogP contribution in [0, 0.1) is 23.7 Å². The predicted molar refractivity (Wildman–Crippen MR) is 148 cm³/mol. The number of benzene rings is 1. The van der Waals surface area contributed by atoms with E-state index in [9.17, 15) is 9.59 Å². The molecule has 1 amide bonds. The monoisotopic (exact) mass is 522 g/mol. The number of carbonyl (C=O) groups excluding carboxylic acids is 2. The van der Waals surface area contributed by atoms with Gasteiger partial charge in [0.05, 0.1) is 24.7 Å². The highest BCUT2D eigenvalue weighted by atomic mass is 16.5. The van der Waals surface area contributed by atoms with Gasteiger partial charge in [0.15, 0.2) is 0 Å². The van der Waals surface area contributed by atoms with Crippen molar-refractivity contribution < 1.29 is 19.1 Å². The number of amides is 1. The summed E-state index contributed by atoms with van der Waals surface area (Å²) >= 11 is 0. The second-order valence-electron chi connectivity index (χ2n) is 11.4. The number of fused-ring (bicyclic) bond motifs is 4. The molecular formula is C30H42N4O4. The number of hydrogen-bond donors (Lipinski definition) is 2. The summed E-state index contributed by atoms with van der Waals surface area (Å²) in [7, 11) is 1.63. The van der Waals surface area contributed by atoms with Crippen LogP contribution in [0.15, 0.2) is 43.1 Å². The van der Waals surface area contributed by atoms with Crippen LogP contribution in [0.1, 0.15) is 52.2 Å². The molecule has 4 heterocycles. The van der Waals surface area contributed by atoms with Crippen LogP contribution in [-0.4, -0.2) is 60.1 Å². The molecule has 1 aromatic carbocycles. The normalized spacial score (nSPS) is 25.2. The Morgan fingerprint density at radius 2 is 1.97 bits per heavy atom. The van der Waals surface area contributed by atoms with E-state index < -0.39 is 24.2 Å². The summed E-state index contributed by atoms with van der Waals surface area (Å²) in [6.07, 6.45) is 5.29. The van der Waals surface area contributed by atoms with Crippen LogP contribution in [0.2, 0.25) is 0 Å². The van der Waals surface area contributed by atoms with Gasteiger partial charge in [0, 0.05) is 23.7 Å². The molecule has 3 N–H and O–H groups in total. The highest BCUT2D eigenvalue weighted by Crippen LogP contribution is 2.44. The smallest absolute Gasteiger partial charge is 0.329 e. The highest BCUT2D eigenvalue weighted by molar-refractivity contribution is 5.88. The number of nitrogens with one attached hydrogen (secondary N) is 1. The van der Waals surface area contributed by atoms with Crippen molar-refractivity contribution in [2.75, 3.05) is 20.2 Å². The molecule has 3 fully saturated rings. The molecule has 2 bridgehead atoms. The quantitative estimate of drug-likeness (QED) is 0.361. The maximum Gasteiger partial charge on any atom is 0.329 e. The van der Waals surface area contributed by atoms with E-state index in [2.05, 4.69) is 27.9 Å². The van der Waals surface area contributed by atoms with Gasteiger partial charge >= 0.3 is 5.97 Å². The van der Waals surface area contributed by atoms with Crippen molar-refractivity contribution >= 4 is 22.8 Å². The lowest BCUT2D eigenvalue weighted by Crippen LogP contribution is -2.56. The summed E-state index contributed by atoms with van der Waals surface area (Å²) < 4.78 is 11.9. The average molecular weight is 523 g/mol. The molecule has 0 radical (unpaired) electrons. The van der Waals surface area contributed by atoms with Gasteiger partial charge in [-0.25, -0.2) is 4.79 Å². The maximum absolute atomic E-state index is 13.8. The summed E-state index contributed by atoms with van der Waals surface area (Å²) in [5.74, 6) is 0.624. The molecule has 0 aliphatic carbocycles. The number of methoxy groups -OCH3 is 1. The van der Waals surface area contributed by atoms with Crippen molar-refractivity contribution in [3.8, 4) is 5.75 Å². The van der Waals surface area contributed by atoms with Crippen molar-refractivity contribution in [3.63, 3.8) is 0 Å². The summed E-state index contributed by atoms with van der Waals surface area (Å²) in [6.45, 7) is 13.5. The number of esters is 1. The van der Waals surface area contributed by atoms with Gasteiger partial charge in [0.25, 0.3) is 0 Å². The Kier molecular flexibility index (Phi) is 8.73. The minimum absolute atomic E-state index is 0.00661. The lowest BCUT2D eigenvalue weighted by atomic mass is 9.73. The van der Waals surface area contributed by atoms with Crippen molar-refractivity contribution in [2.24, 2.45) is 29.4 Å². The molecule has 1 unspecified atom stereocenters. The Hall–Kier alpha value is -2.97. The molecule has 0 saturated carbocycles. The SMILES string of the molecule is C=C[C@H]1CN2CC[C@H]1C[C@@H]2[C@@H](OC(=O)[C@@H](NC(=O)[C@@H](N)C(C)C)C(C)C)c1ccnc2ccc(OC)cc12. The Morgan fingerprint density at radius 1 is 1.21 bits per heavy atom. The number of ether oxygens (including phenoxy) is 2. The zero-order chi connectivity index (χ0) is 27.6. The van der Waals surface area contributed by atoms with Crippen LogP contribution < -0.4 is 15.8 Å². The number of rotatable bonds is 10. The van der Waals surface area contributed by atoms with Gasteiger partial charge in [-0.15, -0.1) is 6.58 Å². The third kappa shape index (κ3) is 5.71. The maximum atomic E-state index is 13.8. The van der Waals surface area contributed by atoms with Crippen LogP contribution in [0.25, 0.3) is 10.9 Å². The van der Waals surface area contributed by atoms with E-state index in [4.69, 9.17) is 15.2 Å². The fourth-order valence-electron chi connectivity index (χ4n) is 5.81. The second-order valence-corrected chi connectivity index (χ2v) is 11.4. The number of carbonyl (C=O) groups is 2. The molecule has 1 aromatic heterocycles. The number of piperidine rings is 3. The minimum atomic E-state index is -0.811. The van der Waals surface area contributed by atoms with Gasteiger partial charge in [0.2, 0.25) is 5.91 Å². The van der Waals surface area contributed by atoms with Gasteiger partial charge in [0.1, 0.15) is 17.9 Å². The third-order valence-corrected chi connectivity index (χ3v) is 8.27. The molecule has 0 spiro atoms. The summed E-state index contributed by atoms with van der Waals surface area (Å²) in [4.78, 5) is 33.5. The first-order valence-electron chi connectivity index (χ1n) is 13.7. The first-order valence-corrected chi connectivity index (χ1v) is 13.7. The average Bonchev–Trinajstić information content (AvgIpc) is 2.93. The van der Waals surface area contributed by atoms with Crippen LogP contribution in [0.4, 0.5) is 0 Å². The predicted octanol–water partition coefficient (Wildman–Crippen LogP) is 3.85. The summed E-state index contributed by atoms with van der Waals surface area (Å²) in [6, 6.07) is 6.18. The van der Waals surface area contributed by atoms with Crippen LogP contribution in [0.5, 0.6) is 5.75 Å². The van der Waals surface area contributed by atoms with E-state index in [1.165, 1.54) is 0 Å². The molecule has 3 aliphatic rings. The minimum Gasteiger partial charge on any atom is -0.497 e. The molecule has 2 aromatic rings. The molecular weight excluding hydrogens is 480 g/mol. The van der Waals surface area contributed by atoms with Crippen molar-refractivity contribution in [3.05, 3.63) is 48.7 Å². The zero-order valence-corrected chi connectivity index (χ0v) is 23.2. The van der Waals surface area contributed by atoms with Crippen molar-refractivity contribution in [1.29, 1.82) is 0 Å². The van der Waals surface area contributed by atoms with Gasteiger partial charge < -0.3 is 20.5 Å². The first kappa shape index (κ1) is 28.0. The largest absolute Gasteiger partial charge is 0.497 e. The number of hydrogen-bond acceptors (Lipinski definition) is 7. The first-order chi connectivity index (χ1) is 18.1. The fourth-order valence-corrected chi connectivity index (χ4v) is 5.81. The molecule has 8 heteroatoms. The van der Waals surface area contributed by atoms with E-state index in [1.807, 2.05) is 52.0 Å². The Bertz CT molecular complexity index is 1170. The second kappa shape index (κ2) is 11.8. The third-order valence-electron chi connectivity index (χ3n) is 8.27. The van der Waals surface area contributed by atoms with Gasteiger partial charge in [-0.3, -0.25) is 14.7 Å². The van der Waals surface area contributed by atoms with Gasteiger partial charge in [-0.2, -0.15) is 0 Å². The van der Waals surface area contributed by atoms with Crippen LogP contribution >= 0.6 is 0 Å². The lowest BCUT2D eigenvalue weighted by molar-refractivity contribution is -0.162. The highest BCUT2D eigenvalue weighted by Gasteiger charge is 2.45. The van der Waals surface area contributed by atoms with Crippen molar-refractivity contribution in [2.45, 2.75) is 64.8 Å². The molecule has 5 rings (SSSR count). The summed E-state index contributed by atoms with van der Waals surface area (Å²) in [5.41, 5.74) is 7.77.